The van der Waals surface area contributed by atoms with E-state index in [0.29, 0.717) is 15.6 Å². The largest absolute Gasteiger partial charge is 0.590 e. The summed E-state index contributed by atoms with van der Waals surface area (Å²) in [7, 11) is -1.23. The summed E-state index contributed by atoms with van der Waals surface area (Å²) >= 11 is 0. The van der Waals surface area contributed by atoms with Crippen LogP contribution in [-0.2, 0) is 0 Å². The van der Waals surface area contributed by atoms with Gasteiger partial charge in [-0.3, -0.25) is 4.79 Å². The predicted octanol–water partition coefficient (Wildman–Crippen LogP) is 1.47. The first kappa shape index (κ1) is 8.22. The number of primary amides is 1. The molecule has 2 N–H and O–H groups in total. The number of carbonyl (C=O) groups excluding carboxylic acids is 1. The minimum atomic E-state index is -1.23. The van der Waals surface area contributed by atoms with Gasteiger partial charge in [0.15, 0.2) is 10.1 Å². The Kier molecular flexibility index (Phi) is 1.79. The summed E-state index contributed by atoms with van der Waals surface area (Å²) in [6.45, 7) is 0. The molecule has 1 aromatic heterocycles. The Hall–Kier alpha value is -1.39. The maximum absolute atomic E-state index is 11.4. The van der Waals surface area contributed by atoms with E-state index in [1.807, 2.05) is 0 Å². The Bertz CT molecular complexity index is 475. The van der Waals surface area contributed by atoms with E-state index in [9.17, 15) is 9.35 Å². The summed E-state index contributed by atoms with van der Waals surface area (Å²) in [5.74, 6) is -0.549. The molecule has 0 aliphatic rings. The van der Waals surface area contributed by atoms with Gasteiger partial charge in [-0.25, -0.2) is 0 Å². The second kappa shape index (κ2) is 2.83. The van der Waals surface area contributed by atoms with Crippen molar-refractivity contribution >= 4 is 26.7 Å². The van der Waals surface area contributed by atoms with Gasteiger partial charge in [-0.05, 0) is 35.0 Å². The average molecular weight is 192 g/mol. The van der Waals surface area contributed by atoms with E-state index in [-0.39, 0.29) is 0 Å². The molecule has 2 aromatic rings. The number of nitrogens with two attached hydrogens (primary N) is 1. The van der Waals surface area contributed by atoms with Crippen molar-refractivity contribution in [2.45, 2.75) is 0 Å². The van der Waals surface area contributed by atoms with Crippen molar-refractivity contribution < 1.29 is 9.35 Å². The van der Waals surface area contributed by atoms with E-state index in [4.69, 9.17) is 5.73 Å². The van der Waals surface area contributed by atoms with Crippen molar-refractivity contribution in [1.29, 1.82) is 0 Å². The van der Waals surface area contributed by atoms with Crippen molar-refractivity contribution in [2.24, 2.45) is 5.73 Å². The third kappa shape index (κ3) is 1.20. The minimum Gasteiger partial charge on any atom is -0.590 e. The van der Waals surface area contributed by atoms with Gasteiger partial charge in [-0.15, -0.1) is 0 Å². The summed E-state index contributed by atoms with van der Waals surface area (Å²) in [6.07, 6.45) is 0. The molecular formula is C9H6NO2S. The van der Waals surface area contributed by atoms with Crippen LogP contribution < -0.4 is 5.73 Å². The van der Waals surface area contributed by atoms with Crippen LogP contribution in [-0.4, -0.2) is 10.5 Å². The van der Waals surface area contributed by atoms with Crippen molar-refractivity contribution in [3.8, 4) is 0 Å². The van der Waals surface area contributed by atoms with Gasteiger partial charge in [-0.1, -0.05) is 0 Å². The molecule has 0 saturated carbocycles. The highest BCUT2D eigenvalue weighted by atomic mass is 32.2. The molecule has 13 heavy (non-hydrogen) atoms. The first-order valence-electron chi connectivity index (χ1n) is 3.63. The van der Waals surface area contributed by atoms with Crippen LogP contribution in [0, 0.1) is 6.07 Å². The Labute approximate surface area is 77.6 Å². The maximum Gasteiger partial charge on any atom is 0.254 e. The number of hydrogen-bond acceptors (Lipinski definition) is 2. The van der Waals surface area contributed by atoms with Crippen molar-refractivity contribution in [3.05, 3.63) is 35.2 Å². The predicted molar refractivity (Wildman–Crippen MR) is 50.0 cm³/mol. The van der Waals surface area contributed by atoms with Gasteiger partial charge in [0, 0.05) is 0 Å². The standard InChI is InChI=1S/C9H6NO2S/c10-9(11)7-5-13(12)8-4-2-1-3-6(7)8/h2-5H,(H2,10,11). The van der Waals surface area contributed by atoms with E-state index in [2.05, 4.69) is 6.07 Å². The fraction of sp³-hybridized carbons (Fsp3) is 0. The third-order valence-corrected chi connectivity index (χ3v) is 3.06. The highest BCUT2D eigenvalue weighted by Gasteiger charge is 2.15. The van der Waals surface area contributed by atoms with Gasteiger partial charge in [0.25, 0.3) is 5.91 Å². The molecule has 1 aromatic carbocycles. The fourth-order valence-corrected chi connectivity index (χ4v) is 2.40. The zero-order valence-electron chi connectivity index (χ0n) is 6.61. The molecule has 0 fully saturated rings. The summed E-state index contributed by atoms with van der Waals surface area (Å²) in [5, 5.41) is 2.01. The molecular weight excluding hydrogens is 186 g/mol. The lowest BCUT2D eigenvalue weighted by molar-refractivity contribution is 0.100. The van der Waals surface area contributed by atoms with Gasteiger partial charge in [-0.2, -0.15) is 0 Å². The normalized spacial score (nSPS) is 11.9. The van der Waals surface area contributed by atoms with E-state index >= 15 is 0 Å². The number of fused-ring (bicyclic) bond motifs is 1. The molecule has 1 amide bonds. The Morgan fingerprint density at radius 3 is 3.08 bits per heavy atom. The van der Waals surface area contributed by atoms with Crippen LogP contribution in [0.2, 0.25) is 0 Å². The zero-order chi connectivity index (χ0) is 9.42. The van der Waals surface area contributed by atoms with Gasteiger partial charge in [0.2, 0.25) is 0 Å². The van der Waals surface area contributed by atoms with Gasteiger partial charge >= 0.3 is 0 Å². The van der Waals surface area contributed by atoms with Crippen LogP contribution in [0.25, 0.3) is 10.1 Å². The van der Waals surface area contributed by atoms with E-state index in [1.165, 1.54) is 5.38 Å². The fourth-order valence-electron chi connectivity index (χ4n) is 1.23. The first-order valence-corrected chi connectivity index (χ1v) is 4.84. The second-order valence-corrected chi connectivity index (χ2v) is 3.89. The Morgan fingerprint density at radius 2 is 2.38 bits per heavy atom. The van der Waals surface area contributed by atoms with E-state index < -0.39 is 16.7 Å². The molecule has 1 radical (unpaired) electrons. The van der Waals surface area contributed by atoms with Crippen LogP contribution in [0.3, 0.4) is 0 Å². The molecule has 1 heterocycles. The summed E-state index contributed by atoms with van der Waals surface area (Å²) in [4.78, 5) is 10.9. The molecule has 1 atom stereocenters. The Morgan fingerprint density at radius 1 is 1.62 bits per heavy atom. The number of rotatable bonds is 1. The van der Waals surface area contributed by atoms with Crippen LogP contribution in [0.4, 0.5) is 0 Å². The average Bonchev–Trinajstić information content (AvgIpc) is 2.45. The smallest absolute Gasteiger partial charge is 0.254 e. The quantitative estimate of drug-likeness (QED) is 0.695. The van der Waals surface area contributed by atoms with E-state index in [1.54, 1.807) is 18.2 Å². The van der Waals surface area contributed by atoms with Crippen LogP contribution in [0.5, 0.6) is 0 Å². The molecule has 3 nitrogen and oxygen atoms in total. The van der Waals surface area contributed by atoms with Crippen LogP contribution in [0.1, 0.15) is 10.4 Å². The van der Waals surface area contributed by atoms with Crippen molar-refractivity contribution in [3.63, 3.8) is 0 Å². The number of benzene rings is 1. The lowest BCUT2D eigenvalue weighted by atomic mass is 10.2. The molecule has 0 bridgehead atoms. The molecule has 4 heteroatoms. The monoisotopic (exact) mass is 192 g/mol. The third-order valence-electron chi connectivity index (χ3n) is 1.82. The summed E-state index contributed by atoms with van der Waals surface area (Å²) in [5.41, 5.74) is 5.44. The summed E-state index contributed by atoms with van der Waals surface area (Å²) in [6, 6.07) is 7.78. The highest BCUT2D eigenvalue weighted by Crippen LogP contribution is 2.31. The molecule has 0 spiro atoms. The number of hydrogen-bond donors (Lipinski definition) is 1. The molecule has 0 aliphatic carbocycles. The summed E-state index contributed by atoms with van der Waals surface area (Å²) < 4.78 is 12.0. The van der Waals surface area contributed by atoms with Crippen LogP contribution in [0.15, 0.2) is 23.6 Å². The first-order chi connectivity index (χ1) is 6.20. The van der Waals surface area contributed by atoms with Gasteiger partial charge in [0.05, 0.1) is 5.39 Å². The Balaban J connectivity index is 2.85. The zero-order valence-corrected chi connectivity index (χ0v) is 7.43. The van der Waals surface area contributed by atoms with Gasteiger partial charge < -0.3 is 10.3 Å². The topological polar surface area (TPSA) is 66.2 Å². The molecule has 1 unspecified atom stereocenters. The SMILES string of the molecule is NC(=O)c1c[s+]([O-])c2cc[c]cc12. The molecule has 0 aliphatic heterocycles. The second-order valence-electron chi connectivity index (χ2n) is 2.62. The van der Waals surface area contributed by atoms with E-state index in [0.717, 1.165) is 0 Å². The van der Waals surface area contributed by atoms with Crippen LogP contribution >= 0.6 is 10.8 Å². The molecule has 0 saturated heterocycles. The van der Waals surface area contributed by atoms with Crippen molar-refractivity contribution in [2.75, 3.05) is 0 Å². The molecule has 65 valence electrons. The highest BCUT2D eigenvalue weighted by molar-refractivity contribution is 7.30. The lowest BCUT2D eigenvalue weighted by Gasteiger charge is -1.87. The van der Waals surface area contributed by atoms with Gasteiger partial charge in [0.1, 0.15) is 5.56 Å². The number of amides is 1. The minimum absolute atomic E-state index is 0.324. The number of thiophene rings is 1. The lowest BCUT2D eigenvalue weighted by Crippen LogP contribution is -2.09. The van der Waals surface area contributed by atoms with Crippen molar-refractivity contribution in [1.82, 2.24) is 0 Å². The number of carbonyl (C=O) groups is 1. The maximum atomic E-state index is 11.4. The molecule has 2 rings (SSSR count).